The van der Waals surface area contributed by atoms with Gasteiger partial charge in [-0.25, -0.2) is 0 Å². The van der Waals surface area contributed by atoms with E-state index in [0.717, 1.165) is 77.8 Å². The normalized spacial score (nSPS) is 28.1. The second-order valence-electron chi connectivity index (χ2n) is 8.65. The predicted octanol–water partition coefficient (Wildman–Crippen LogP) is 0.158. The molecule has 0 aromatic rings. The number of ether oxygens (including phenoxy) is 1. The smallest absolute Gasteiger partial charge is 0.227 e. The molecular formula is C20H34N4O3. The molecule has 0 radical (unpaired) electrons. The summed E-state index contributed by atoms with van der Waals surface area (Å²) in [5.41, 5.74) is 0. The monoisotopic (exact) mass is 378 g/mol. The third-order valence-corrected chi connectivity index (χ3v) is 6.55. The molecule has 7 nitrogen and oxygen atoms in total. The van der Waals surface area contributed by atoms with Crippen LogP contribution in [0.3, 0.4) is 0 Å². The number of carbonyl (C=O) groups excluding carboxylic acids is 2. The van der Waals surface area contributed by atoms with E-state index in [-0.39, 0.29) is 17.7 Å². The van der Waals surface area contributed by atoms with E-state index in [9.17, 15) is 9.59 Å². The lowest BCUT2D eigenvalue weighted by molar-refractivity contribution is -0.136. The van der Waals surface area contributed by atoms with Crippen LogP contribution in [0, 0.1) is 11.8 Å². The Morgan fingerprint density at radius 2 is 1.78 bits per heavy atom. The number of nitrogens with one attached hydrogen (secondary N) is 1. The number of rotatable bonds is 7. The maximum absolute atomic E-state index is 12.9. The average Bonchev–Trinajstić information content (AvgIpc) is 3.47. The summed E-state index contributed by atoms with van der Waals surface area (Å²) in [6.45, 7) is 8.46. The molecule has 4 aliphatic rings. The number of piperidine rings is 1. The first-order chi connectivity index (χ1) is 13.2. The van der Waals surface area contributed by atoms with Gasteiger partial charge in [-0.1, -0.05) is 0 Å². The summed E-state index contributed by atoms with van der Waals surface area (Å²) < 4.78 is 5.37. The highest BCUT2D eigenvalue weighted by Crippen LogP contribution is 2.28. The molecule has 1 N–H and O–H groups in total. The van der Waals surface area contributed by atoms with Gasteiger partial charge in [0.1, 0.15) is 0 Å². The molecule has 3 heterocycles. The largest absolute Gasteiger partial charge is 0.379 e. The molecule has 1 unspecified atom stereocenters. The van der Waals surface area contributed by atoms with Gasteiger partial charge in [-0.15, -0.1) is 0 Å². The summed E-state index contributed by atoms with van der Waals surface area (Å²) in [5.74, 6) is 1.09. The summed E-state index contributed by atoms with van der Waals surface area (Å²) in [6.07, 6.45) is 5.23. The van der Waals surface area contributed by atoms with Crippen molar-refractivity contribution in [3.05, 3.63) is 0 Å². The Kier molecular flexibility index (Phi) is 6.30. The van der Waals surface area contributed by atoms with E-state index < -0.39 is 0 Å². The minimum Gasteiger partial charge on any atom is -0.379 e. The zero-order valence-electron chi connectivity index (χ0n) is 16.4. The van der Waals surface area contributed by atoms with E-state index in [1.165, 1.54) is 12.8 Å². The lowest BCUT2D eigenvalue weighted by Crippen LogP contribution is -2.47. The Labute approximate surface area is 162 Å². The second kappa shape index (κ2) is 8.88. The molecule has 1 saturated carbocycles. The first-order valence-electron chi connectivity index (χ1n) is 10.8. The quantitative estimate of drug-likeness (QED) is 0.684. The van der Waals surface area contributed by atoms with Crippen LogP contribution < -0.4 is 5.32 Å². The first kappa shape index (κ1) is 19.2. The van der Waals surface area contributed by atoms with Crippen LogP contribution in [0.15, 0.2) is 0 Å². The van der Waals surface area contributed by atoms with E-state index in [4.69, 9.17) is 4.74 Å². The highest BCUT2D eigenvalue weighted by molar-refractivity contribution is 5.89. The van der Waals surface area contributed by atoms with Gasteiger partial charge in [0, 0.05) is 58.3 Å². The number of amides is 2. The Balaban J connectivity index is 1.18. The van der Waals surface area contributed by atoms with Gasteiger partial charge in [0.25, 0.3) is 0 Å². The van der Waals surface area contributed by atoms with E-state index >= 15 is 0 Å². The molecule has 0 aromatic heterocycles. The zero-order valence-corrected chi connectivity index (χ0v) is 16.4. The molecule has 4 rings (SSSR count). The third-order valence-electron chi connectivity index (χ3n) is 6.55. The Morgan fingerprint density at radius 1 is 1.04 bits per heavy atom. The maximum atomic E-state index is 12.9. The number of hydrogen-bond acceptors (Lipinski definition) is 5. The van der Waals surface area contributed by atoms with Crippen LogP contribution in [0.5, 0.6) is 0 Å². The van der Waals surface area contributed by atoms with E-state index in [1.807, 2.05) is 9.80 Å². The molecule has 0 aromatic carbocycles. The maximum Gasteiger partial charge on any atom is 0.227 e. The standard InChI is InChI=1S/C20H34N4O3/c25-19-13-17(15-24(19)8-7-22-9-11-27-12-10-22)20(26)23-5-3-18(4-6-23)21-14-16-1-2-16/h16-18,21H,1-15H2. The molecule has 152 valence electrons. The summed E-state index contributed by atoms with van der Waals surface area (Å²) in [6, 6.07) is 0.560. The van der Waals surface area contributed by atoms with E-state index in [2.05, 4.69) is 10.2 Å². The van der Waals surface area contributed by atoms with Crippen LogP contribution in [-0.2, 0) is 14.3 Å². The highest BCUT2D eigenvalue weighted by Gasteiger charge is 2.37. The lowest BCUT2D eigenvalue weighted by atomic mass is 10.0. The van der Waals surface area contributed by atoms with Crippen molar-refractivity contribution < 1.29 is 14.3 Å². The van der Waals surface area contributed by atoms with Gasteiger partial charge < -0.3 is 19.9 Å². The predicted molar refractivity (Wildman–Crippen MR) is 102 cm³/mol. The number of likely N-dealkylation sites (tertiary alicyclic amines) is 2. The van der Waals surface area contributed by atoms with Crippen LogP contribution in [0.25, 0.3) is 0 Å². The van der Waals surface area contributed by atoms with Crippen molar-refractivity contribution in [3.8, 4) is 0 Å². The van der Waals surface area contributed by atoms with Crippen molar-refractivity contribution in [2.75, 3.05) is 65.6 Å². The van der Waals surface area contributed by atoms with E-state index in [1.54, 1.807) is 0 Å². The Hall–Kier alpha value is -1.18. The molecule has 1 aliphatic carbocycles. The summed E-state index contributed by atoms with van der Waals surface area (Å²) in [7, 11) is 0. The highest BCUT2D eigenvalue weighted by atomic mass is 16.5. The topological polar surface area (TPSA) is 65.1 Å². The molecule has 7 heteroatoms. The summed E-state index contributed by atoms with van der Waals surface area (Å²) in [4.78, 5) is 31.5. The van der Waals surface area contributed by atoms with Gasteiger partial charge in [-0.2, -0.15) is 0 Å². The lowest BCUT2D eigenvalue weighted by Gasteiger charge is -2.34. The molecule has 0 spiro atoms. The van der Waals surface area contributed by atoms with Crippen molar-refractivity contribution in [2.24, 2.45) is 11.8 Å². The number of nitrogens with zero attached hydrogens (tertiary/aromatic N) is 3. The van der Waals surface area contributed by atoms with Crippen LogP contribution in [0.4, 0.5) is 0 Å². The van der Waals surface area contributed by atoms with Crippen molar-refractivity contribution in [1.82, 2.24) is 20.0 Å². The molecule has 4 fully saturated rings. The van der Waals surface area contributed by atoms with Crippen molar-refractivity contribution in [3.63, 3.8) is 0 Å². The van der Waals surface area contributed by atoms with Gasteiger partial charge >= 0.3 is 0 Å². The van der Waals surface area contributed by atoms with Crippen molar-refractivity contribution in [1.29, 1.82) is 0 Å². The van der Waals surface area contributed by atoms with Crippen molar-refractivity contribution in [2.45, 2.75) is 38.1 Å². The molecule has 2 amide bonds. The Morgan fingerprint density at radius 3 is 2.48 bits per heavy atom. The van der Waals surface area contributed by atoms with Gasteiger partial charge in [-0.05, 0) is 38.1 Å². The Bertz CT molecular complexity index is 525. The number of carbonyl (C=O) groups is 2. The summed E-state index contributed by atoms with van der Waals surface area (Å²) >= 11 is 0. The molecule has 27 heavy (non-hydrogen) atoms. The number of hydrogen-bond donors (Lipinski definition) is 1. The van der Waals surface area contributed by atoms with Gasteiger partial charge in [0.2, 0.25) is 11.8 Å². The zero-order chi connectivity index (χ0) is 18.6. The molecular weight excluding hydrogens is 344 g/mol. The first-order valence-corrected chi connectivity index (χ1v) is 10.8. The minimum absolute atomic E-state index is 0.141. The van der Waals surface area contributed by atoms with Crippen LogP contribution in [0.1, 0.15) is 32.1 Å². The molecule has 1 atom stereocenters. The summed E-state index contributed by atoms with van der Waals surface area (Å²) in [5, 5.41) is 3.66. The van der Waals surface area contributed by atoms with Crippen LogP contribution in [0.2, 0.25) is 0 Å². The second-order valence-corrected chi connectivity index (χ2v) is 8.65. The average molecular weight is 379 g/mol. The van der Waals surface area contributed by atoms with Gasteiger partial charge in [0.15, 0.2) is 0 Å². The number of morpholine rings is 1. The molecule has 3 aliphatic heterocycles. The SMILES string of the molecule is O=C1CC(C(=O)N2CCC(NCC3CC3)CC2)CN1CCN1CCOCC1. The van der Waals surface area contributed by atoms with E-state index in [0.29, 0.717) is 19.0 Å². The fraction of sp³-hybridized carbons (Fsp3) is 0.900. The fourth-order valence-electron chi connectivity index (χ4n) is 4.46. The molecule has 3 saturated heterocycles. The molecule has 0 bridgehead atoms. The third kappa shape index (κ3) is 5.21. The van der Waals surface area contributed by atoms with Crippen LogP contribution in [-0.4, -0.2) is 98.1 Å². The van der Waals surface area contributed by atoms with Crippen molar-refractivity contribution >= 4 is 11.8 Å². The van der Waals surface area contributed by atoms with Gasteiger partial charge in [-0.3, -0.25) is 14.5 Å². The van der Waals surface area contributed by atoms with Gasteiger partial charge in [0.05, 0.1) is 19.1 Å². The fourth-order valence-corrected chi connectivity index (χ4v) is 4.46. The van der Waals surface area contributed by atoms with Crippen LogP contribution >= 0.6 is 0 Å². The minimum atomic E-state index is -0.141.